The lowest BCUT2D eigenvalue weighted by molar-refractivity contribution is -0.121. The third kappa shape index (κ3) is 4.08. The van der Waals surface area contributed by atoms with E-state index in [-0.39, 0.29) is 11.6 Å². The number of hydrogen-bond acceptors (Lipinski definition) is 5. The maximum absolute atomic E-state index is 11.5. The molecular formula is C11H15N3O3S. The molecule has 0 aliphatic heterocycles. The number of rotatable bonds is 7. The Hall–Kier alpha value is -1.47. The maximum atomic E-state index is 11.5. The molecule has 0 atom stereocenters. The molecule has 1 fully saturated rings. The number of thiazole rings is 1. The van der Waals surface area contributed by atoms with Crippen molar-refractivity contribution >= 4 is 23.2 Å². The minimum absolute atomic E-state index is 0.0275. The molecule has 1 amide bonds. The molecule has 2 rings (SSSR count). The molecule has 1 aromatic heterocycles. The van der Waals surface area contributed by atoms with E-state index >= 15 is 0 Å². The number of aromatic nitrogens is 1. The summed E-state index contributed by atoms with van der Waals surface area (Å²) in [7, 11) is 0. The standard InChI is InChI=1S/C11H15N3O3S/c15-9(3-4-12-7-1-2-7)13-5-10-14-8(6-18-10)11(16)17/h6-7,12H,1-5H2,(H,13,15)(H,16,17). The second kappa shape index (κ2) is 5.92. The van der Waals surface area contributed by atoms with Crippen molar-refractivity contribution < 1.29 is 14.7 Å². The van der Waals surface area contributed by atoms with E-state index in [0.29, 0.717) is 30.6 Å². The van der Waals surface area contributed by atoms with Crippen molar-refractivity contribution in [2.45, 2.75) is 31.8 Å². The van der Waals surface area contributed by atoms with Crippen molar-refractivity contribution in [3.05, 3.63) is 16.1 Å². The van der Waals surface area contributed by atoms with Gasteiger partial charge in [0.05, 0.1) is 6.54 Å². The highest BCUT2D eigenvalue weighted by atomic mass is 32.1. The Bertz CT molecular complexity index is 442. The van der Waals surface area contributed by atoms with Crippen LogP contribution < -0.4 is 10.6 Å². The zero-order valence-electron chi connectivity index (χ0n) is 9.81. The average molecular weight is 269 g/mol. The van der Waals surface area contributed by atoms with E-state index in [4.69, 9.17) is 5.11 Å². The number of carboxylic acids is 1. The minimum atomic E-state index is -1.04. The first-order valence-electron chi connectivity index (χ1n) is 5.83. The van der Waals surface area contributed by atoms with Crippen LogP contribution in [0.1, 0.15) is 34.8 Å². The Labute approximate surface area is 108 Å². The third-order valence-electron chi connectivity index (χ3n) is 2.57. The smallest absolute Gasteiger partial charge is 0.355 e. The van der Waals surface area contributed by atoms with Gasteiger partial charge in [-0.15, -0.1) is 11.3 Å². The largest absolute Gasteiger partial charge is 0.476 e. The molecule has 98 valence electrons. The highest BCUT2D eigenvalue weighted by molar-refractivity contribution is 7.09. The molecule has 0 saturated heterocycles. The van der Waals surface area contributed by atoms with E-state index in [9.17, 15) is 9.59 Å². The fourth-order valence-electron chi connectivity index (χ4n) is 1.43. The van der Waals surface area contributed by atoms with Gasteiger partial charge in [-0.3, -0.25) is 4.79 Å². The predicted octanol–water partition coefficient (Wildman–Crippen LogP) is 0.600. The van der Waals surface area contributed by atoms with Crippen LogP contribution in [0.4, 0.5) is 0 Å². The molecule has 1 aliphatic rings. The summed E-state index contributed by atoms with van der Waals surface area (Å²) in [6, 6.07) is 0.606. The van der Waals surface area contributed by atoms with Crippen molar-refractivity contribution in [2.75, 3.05) is 6.54 Å². The lowest BCUT2D eigenvalue weighted by atomic mass is 10.4. The first-order valence-corrected chi connectivity index (χ1v) is 6.71. The van der Waals surface area contributed by atoms with Crippen molar-refractivity contribution in [3.63, 3.8) is 0 Å². The van der Waals surface area contributed by atoms with Gasteiger partial charge in [-0.25, -0.2) is 9.78 Å². The van der Waals surface area contributed by atoms with E-state index in [1.807, 2.05) is 0 Å². The van der Waals surface area contributed by atoms with Crippen LogP contribution in [0, 0.1) is 0 Å². The van der Waals surface area contributed by atoms with Gasteiger partial charge in [0.2, 0.25) is 5.91 Å². The summed E-state index contributed by atoms with van der Waals surface area (Å²) < 4.78 is 0. The SMILES string of the molecule is O=C(CCNC1CC1)NCc1nc(C(=O)O)cs1. The summed E-state index contributed by atoms with van der Waals surface area (Å²) >= 11 is 1.24. The molecular weight excluding hydrogens is 254 g/mol. The van der Waals surface area contributed by atoms with Gasteiger partial charge in [-0.05, 0) is 12.8 Å². The Morgan fingerprint density at radius 2 is 2.28 bits per heavy atom. The quantitative estimate of drug-likeness (QED) is 0.674. The van der Waals surface area contributed by atoms with E-state index in [1.54, 1.807) is 0 Å². The van der Waals surface area contributed by atoms with Gasteiger partial charge in [-0.1, -0.05) is 0 Å². The van der Waals surface area contributed by atoms with Crippen LogP contribution in [0.2, 0.25) is 0 Å². The minimum Gasteiger partial charge on any atom is -0.476 e. The van der Waals surface area contributed by atoms with Gasteiger partial charge in [0.15, 0.2) is 5.69 Å². The van der Waals surface area contributed by atoms with Gasteiger partial charge in [0.1, 0.15) is 5.01 Å². The number of carbonyl (C=O) groups excluding carboxylic acids is 1. The average Bonchev–Trinajstić information content (AvgIpc) is 3.02. The summed E-state index contributed by atoms with van der Waals surface area (Å²) in [5.41, 5.74) is 0.0275. The first kappa shape index (κ1) is 13.0. The van der Waals surface area contributed by atoms with Crippen LogP contribution in [0.25, 0.3) is 0 Å². The molecule has 0 aromatic carbocycles. The Morgan fingerprint density at radius 3 is 2.89 bits per heavy atom. The molecule has 1 aliphatic carbocycles. The molecule has 1 aromatic rings. The summed E-state index contributed by atoms with van der Waals surface area (Å²) in [6.07, 6.45) is 2.85. The summed E-state index contributed by atoms with van der Waals surface area (Å²) in [4.78, 5) is 26.0. The predicted molar refractivity (Wildman–Crippen MR) is 66.6 cm³/mol. The molecule has 1 heterocycles. The van der Waals surface area contributed by atoms with Crippen LogP contribution in [0.15, 0.2) is 5.38 Å². The van der Waals surface area contributed by atoms with Gasteiger partial charge in [-0.2, -0.15) is 0 Å². The highest BCUT2D eigenvalue weighted by Crippen LogP contribution is 2.18. The monoisotopic (exact) mass is 269 g/mol. The fraction of sp³-hybridized carbons (Fsp3) is 0.545. The molecule has 0 bridgehead atoms. The van der Waals surface area contributed by atoms with Gasteiger partial charge in [0, 0.05) is 24.4 Å². The van der Waals surface area contributed by atoms with E-state index in [0.717, 1.165) is 0 Å². The van der Waals surface area contributed by atoms with E-state index < -0.39 is 5.97 Å². The van der Waals surface area contributed by atoms with Gasteiger partial charge in [0.25, 0.3) is 0 Å². The third-order valence-corrected chi connectivity index (χ3v) is 3.42. The van der Waals surface area contributed by atoms with Crippen LogP contribution in [0.3, 0.4) is 0 Å². The number of carboxylic acid groups (broad SMARTS) is 1. The van der Waals surface area contributed by atoms with E-state index in [1.165, 1.54) is 29.6 Å². The summed E-state index contributed by atoms with van der Waals surface area (Å²) in [5.74, 6) is -1.09. The fourth-order valence-corrected chi connectivity index (χ4v) is 2.14. The van der Waals surface area contributed by atoms with Crippen LogP contribution in [-0.2, 0) is 11.3 Å². The number of nitrogens with one attached hydrogen (secondary N) is 2. The van der Waals surface area contributed by atoms with Gasteiger partial charge < -0.3 is 15.7 Å². The van der Waals surface area contributed by atoms with Crippen LogP contribution in [-0.4, -0.2) is 34.6 Å². The van der Waals surface area contributed by atoms with Crippen molar-refractivity contribution in [3.8, 4) is 0 Å². The van der Waals surface area contributed by atoms with Crippen molar-refractivity contribution in [1.82, 2.24) is 15.6 Å². The second-order valence-corrected chi connectivity index (χ2v) is 5.13. The second-order valence-electron chi connectivity index (χ2n) is 4.19. The van der Waals surface area contributed by atoms with Crippen molar-refractivity contribution in [1.29, 1.82) is 0 Å². The molecule has 0 unspecified atom stereocenters. The molecule has 0 spiro atoms. The molecule has 7 heteroatoms. The first-order chi connectivity index (χ1) is 8.65. The number of aromatic carboxylic acids is 1. The number of nitrogens with zero attached hydrogens (tertiary/aromatic N) is 1. The van der Waals surface area contributed by atoms with Crippen LogP contribution in [0.5, 0.6) is 0 Å². The van der Waals surface area contributed by atoms with E-state index in [2.05, 4.69) is 15.6 Å². The topological polar surface area (TPSA) is 91.3 Å². The normalized spacial score (nSPS) is 14.4. The highest BCUT2D eigenvalue weighted by Gasteiger charge is 2.20. The number of hydrogen-bond donors (Lipinski definition) is 3. The lowest BCUT2D eigenvalue weighted by Gasteiger charge is -2.03. The molecule has 6 nitrogen and oxygen atoms in total. The lowest BCUT2D eigenvalue weighted by Crippen LogP contribution is -2.28. The zero-order chi connectivity index (χ0) is 13.0. The molecule has 3 N–H and O–H groups in total. The zero-order valence-corrected chi connectivity index (χ0v) is 10.6. The van der Waals surface area contributed by atoms with Gasteiger partial charge >= 0.3 is 5.97 Å². The molecule has 0 radical (unpaired) electrons. The number of amides is 1. The Balaban J connectivity index is 1.65. The number of carbonyl (C=O) groups is 2. The van der Waals surface area contributed by atoms with Crippen molar-refractivity contribution in [2.24, 2.45) is 0 Å². The Kier molecular flexibility index (Phi) is 4.27. The summed E-state index contributed by atoms with van der Waals surface area (Å²) in [6.45, 7) is 0.981. The summed E-state index contributed by atoms with van der Waals surface area (Å²) in [5, 5.41) is 16.8. The maximum Gasteiger partial charge on any atom is 0.355 e. The Morgan fingerprint density at radius 1 is 1.50 bits per heavy atom. The molecule has 18 heavy (non-hydrogen) atoms. The molecule has 1 saturated carbocycles. The van der Waals surface area contributed by atoms with Crippen LogP contribution >= 0.6 is 11.3 Å².